The Labute approximate surface area is 180 Å². The van der Waals surface area contributed by atoms with Gasteiger partial charge in [-0.05, 0) is 55.8 Å². The molecule has 3 aromatic heterocycles. The lowest BCUT2D eigenvalue weighted by Crippen LogP contribution is -2.44. The summed E-state index contributed by atoms with van der Waals surface area (Å²) < 4.78 is 6.29. The molecule has 0 bridgehead atoms. The van der Waals surface area contributed by atoms with E-state index >= 15 is 0 Å². The van der Waals surface area contributed by atoms with Crippen molar-refractivity contribution in [3.8, 4) is 0 Å². The molecule has 5 heteroatoms. The van der Waals surface area contributed by atoms with Crippen LogP contribution in [0.5, 0.6) is 0 Å². The molecule has 5 aromatic rings. The first-order valence-corrected chi connectivity index (χ1v) is 10.6. The molecule has 0 saturated carbocycles. The highest BCUT2D eigenvalue weighted by molar-refractivity contribution is 6.09. The van der Waals surface area contributed by atoms with Gasteiger partial charge in [-0.1, -0.05) is 30.3 Å². The van der Waals surface area contributed by atoms with Gasteiger partial charge >= 0.3 is 0 Å². The number of fused-ring (bicyclic) bond motifs is 4. The number of aryl methyl sites for hydroxylation is 1. The van der Waals surface area contributed by atoms with Crippen LogP contribution in [0.15, 0.2) is 83.5 Å². The smallest absolute Gasteiger partial charge is 0.227 e. The number of hydrogen-bond acceptors (Lipinski definition) is 5. The molecule has 1 atom stereocenters. The van der Waals surface area contributed by atoms with Gasteiger partial charge in [0, 0.05) is 41.4 Å². The predicted octanol–water partition coefficient (Wildman–Crippen LogP) is 6.36. The number of nitrogens with zero attached hydrogens (tertiary/aromatic N) is 4. The lowest BCUT2D eigenvalue weighted by atomic mass is 10.0. The molecule has 0 aliphatic carbocycles. The maximum absolute atomic E-state index is 6.29. The van der Waals surface area contributed by atoms with E-state index in [0.29, 0.717) is 5.71 Å². The van der Waals surface area contributed by atoms with Gasteiger partial charge in [-0.15, -0.1) is 0 Å². The van der Waals surface area contributed by atoms with Crippen LogP contribution in [0.1, 0.15) is 12.5 Å². The third kappa shape index (κ3) is 2.70. The van der Waals surface area contributed by atoms with E-state index in [-0.39, 0.29) is 6.04 Å². The minimum Gasteiger partial charge on any atom is -0.435 e. The van der Waals surface area contributed by atoms with Crippen LogP contribution in [0, 0.1) is 6.92 Å². The second kappa shape index (κ2) is 6.84. The van der Waals surface area contributed by atoms with Crippen molar-refractivity contribution in [3.05, 3.63) is 84.7 Å². The van der Waals surface area contributed by atoms with Crippen molar-refractivity contribution in [3.63, 3.8) is 0 Å². The lowest BCUT2D eigenvalue weighted by molar-refractivity contribution is 0.643. The molecule has 0 spiro atoms. The summed E-state index contributed by atoms with van der Waals surface area (Å²) in [5.41, 5.74) is 6.02. The number of rotatable bonds is 2. The number of anilines is 4. The van der Waals surface area contributed by atoms with Crippen LogP contribution in [-0.2, 0) is 0 Å². The number of pyridine rings is 2. The molecule has 4 heterocycles. The third-order valence-electron chi connectivity index (χ3n) is 6.07. The zero-order chi connectivity index (χ0) is 20.9. The summed E-state index contributed by atoms with van der Waals surface area (Å²) in [6.45, 7) is 5.18. The molecule has 0 saturated heterocycles. The molecular formula is C26H22N4O. The van der Waals surface area contributed by atoms with Crippen LogP contribution in [0.4, 0.5) is 22.9 Å². The second-order valence-corrected chi connectivity index (χ2v) is 8.08. The van der Waals surface area contributed by atoms with Gasteiger partial charge in [0.2, 0.25) is 5.71 Å². The molecule has 2 aromatic carbocycles. The molecule has 31 heavy (non-hydrogen) atoms. The average molecular weight is 406 g/mol. The van der Waals surface area contributed by atoms with Crippen LogP contribution in [0.2, 0.25) is 0 Å². The molecule has 0 radical (unpaired) electrons. The van der Waals surface area contributed by atoms with Gasteiger partial charge < -0.3 is 14.2 Å². The summed E-state index contributed by atoms with van der Waals surface area (Å²) in [5.74, 6) is 0.938. The van der Waals surface area contributed by atoms with E-state index in [0.717, 1.165) is 45.7 Å². The fourth-order valence-electron chi connectivity index (χ4n) is 4.73. The zero-order valence-electron chi connectivity index (χ0n) is 17.5. The van der Waals surface area contributed by atoms with Gasteiger partial charge in [-0.2, -0.15) is 0 Å². The fraction of sp³-hybridized carbons (Fsp3) is 0.154. The Morgan fingerprint density at radius 2 is 1.68 bits per heavy atom. The van der Waals surface area contributed by atoms with Crippen molar-refractivity contribution in [2.24, 2.45) is 0 Å². The van der Waals surface area contributed by atoms with Gasteiger partial charge in [-0.25, -0.2) is 9.97 Å². The number of hydrogen-bond donors (Lipinski definition) is 0. The maximum atomic E-state index is 6.29. The predicted molar refractivity (Wildman–Crippen MR) is 126 cm³/mol. The molecule has 152 valence electrons. The number of benzene rings is 2. The Kier molecular flexibility index (Phi) is 3.96. The molecule has 0 fully saturated rings. The number of furan rings is 1. The fourth-order valence-corrected chi connectivity index (χ4v) is 4.73. The lowest BCUT2D eigenvalue weighted by Gasteiger charge is -2.42. The van der Waals surface area contributed by atoms with Gasteiger partial charge in [0.15, 0.2) is 11.4 Å². The molecule has 5 nitrogen and oxygen atoms in total. The van der Waals surface area contributed by atoms with Crippen molar-refractivity contribution in [1.82, 2.24) is 9.97 Å². The van der Waals surface area contributed by atoms with E-state index in [1.807, 2.05) is 24.4 Å². The van der Waals surface area contributed by atoms with Crippen molar-refractivity contribution in [2.75, 3.05) is 16.3 Å². The van der Waals surface area contributed by atoms with Crippen molar-refractivity contribution in [2.45, 2.75) is 19.9 Å². The highest BCUT2D eigenvalue weighted by Crippen LogP contribution is 2.45. The Hall–Kier alpha value is -3.86. The summed E-state index contributed by atoms with van der Waals surface area (Å²) in [4.78, 5) is 13.9. The first-order valence-electron chi connectivity index (χ1n) is 10.6. The topological polar surface area (TPSA) is 45.4 Å². The van der Waals surface area contributed by atoms with E-state index in [2.05, 4.69) is 77.2 Å². The number of aromatic nitrogens is 2. The Balaban J connectivity index is 1.59. The first-order chi connectivity index (χ1) is 15.2. The van der Waals surface area contributed by atoms with E-state index in [4.69, 9.17) is 9.40 Å². The van der Waals surface area contributed by atoms with E-state index in [1.54, 1.807) is 6.20 Å². The van der Waals surface area contributed by atoms with E-state index in [1.165, 1.54) is 5.69 Å². The highest BCUT2D eigenvalue weighted by Gasteiger charge is 2.33. The Morgan fingerprint density at radius 1 is 0.871 bits per heavy atom. The van der Waals surface area contributed by atoms with Crippen molar-refractivity contribution < 1.29 is 4.42 Å². The van der Waals surface area contributed by atoms with E-state index in [9.17, 15) is 0 Å². The van der Waals surface area contributed by atoms with Crippen molar-refractivity contribution in [1.29, 1.82) is 0 Å². The Bertz CT molecular complexity index is 1410. The van der Waals surface area contributed by atoms with Gasteiger partial charge in [0.1, 0.15) is 0 Å². The standard InChI is InChI=1S/C26H22N4O/c1-17-12-13-20-21-10-6-15-28-26(21)31-24(20)23(17)29-16-18(2)30(19-8-4-3-5-9-19)22-11-7-14-27-25(22)29/h3-15,18H,16H2,1-2H3/t18-/m0/s1. The van der Waals surface area contributed by atoms with Gasteiger partial charge in [0.25, 0.3) is 0 Å². The molecule has 6 rings (SSSR count). The van der Waals surface area contributed by atoms with Crippen LogP contribution >= 0.6 is 0 Å². The van der Waals surface area contributed by atoms with Gasteiger partial charge in [-0.3, -0.25) is 0 Å². The summed E-state index contributed by atoms with van der Waals surface area (Å²) in [7, 11) is 0. The summed E-state index contributed by atoms with van der Waals surface area (Å²) >= 11 is 0. The van der Waals surface area contributed by atoms with Crippen LogP contribution in [0.3, 0.4) is 0 Å². The van der Waals surface area contributed by atoms with Crippen molar-refractivity contribution >= 4 is 44.9 Å². The summed E-state index contributed by atoms with van der Waals surface area (Å²) in [5, 5.41) is 2.12. The van der Waals surface area contributed by atoms with Crippen LogP contribution in [0.25, 0.3) is 22.1 Å². The summed E-state index contributed by atoms with van der Waals surface area (Å²) in [6, 6.07) is 23.2. The molecule has 0 unspecified atom stereocenters. The molecule has 1 aliphatic heterocycles. The SMILES string of the molecule is Cc1ccc2c(oc3ncccc32)c1N1C[C@H](C)N(c2ccccc2)c2cccnc21. The third-order valence-corrected chi connectivity index (χ3v) is 6.07. The maximum Gasteiger partial charge on any atom is 0.227 e. The Morgan fingerprint density at radius 3 is 2.55 bits per heavy atom. The zero-order valence-corrected chi connectivity index (χ0v) is 17.5. The highest BCUT2D eigenvalue weighted by atomic mass is 16.3. The molecule has 0 amide bonds. The van der Waals surface area contributed by atoms with Gasteiger partial charge in [0.05, 0.1) is 11.4 Å². The normalized spacial score (nSPS) is 16.1. The molecule has 1 aliphatic rings. The first kappa shape index (κ1) is 18.0. The van der Waals surface area contributed by atoms with Crippen LogP contribution in [-0.4, -0.2) is 22.6 Å². The largest absolute Gasteiger partial charge is 0.435 e. The van der Waals surface area contributed by atoms with E-state index < -0.39 is 0 Å². The monoisotopic (exact) mass is 406 g/mol. The molecule has 0 N–H and O–H groups in total. The minimum absolute atomic E-state index is 0.247. The second-order valence-electron chi connectivity index (χ2n) is 8.08. The summed E-state index contributed by atoms with van der Waals surface area (Å²) in [6.07, 6.45) is 3.63. The minimum atomic E-state index is 0.247. The van der Waals surface area contributed by atoms with Crippen LogP contribution < -0.4 is 9.80 Å². The quantitative estimate of drug-likeness (QED) is 0.341. The number of para-hydroxylation sites is 1. The molecular weight excluding hydrogens is 384 g/mol. The average Bonchev–Trinajstić information content (AvgIpc) is 3.18.